The van der Waals surface area contributed by atoms with Gasteiger partial charge in [0.2, 0.25) is 0 Å². The highest BCUT2D eigenvalue weighted by Gasteiger charge is 2.33. The Bertz CT molecular complexity index is 963. The van der Waals surface area contributed by atoms with Crippen LogP contribution in [0.4, 0.5) is 5.69 Å². The standard InChI is InChI=1S/C21H23Cl2N3O5.CH4O/c1-31-19-13-18(26(29)30)17(23)12-16(19)20(27)24-8-11-25-9-6-21(28,7-10-25)14-2-4-15(22)5-3-14;1-2/h2-5,12-13,28H,6-11H2,1H3,(H,24,27);2H,1H3. The second kappa shape index (κ2) is 12.2. The van der Waals surface area contributed by atoms with Crippen molar-refractivity contribution in [2.75, 3.05) is 40.4 Å². The van der Waals surface area contributed by atoms with Gasteiger partial charge in [-0.05, 0) is 36.6 Å². The fourth-order valence-corrected chi connectivity index (χ4v) is 4.01. The maximum absolute atomic E-state index is 12.5. The zero-order valence-corrected chi connectivity index (χ0v) is 19.9. The first-order valence-electron chi connectivity index (χ1n) is 10.2. The van der Waals surface area contributed by atoms with Crippen molar-refractivity contribution < 1.29 is 24.7 Å². The molecule has 1 aliphatic rings. The van der Waals surface area contributed by atoms with Crippen molar-refractivity contribution in [2.45, 2.75) is 18.4 Å². The number of carbonyl (C=O) groups is 1. The Morgan fingerprint density at radius 1 is 1.21 bits per heavy atom. The lowest BCUT2D eigenvalue weighted by Gasteiger charge is -2.38. The van der Waals surface area contributed by atoms with Crippen molar-refractivity contribution >= 4 is 34.8 Å². The number of nitrogens with one attached hydrogen (secondary N) is 1. The van der Waals surface area contributed by atoms with Crippen LogP contribution < -0.4 is 10.1 Å². The Morgan fingerprint density at radius 3 is 2.36 bits per heavy atom. The fourth-order valence-electron chi connectivity index (χ4n) is 3.65. The zero-order chi connectivity index (χ0) is 24.6. The normalized spacial score (nSPS) is 15.2. The first-order chi connectivity index (χ1) is 15.7. The van der Waals surface area contributed by atoms with Crippen molar-refractivity contribution in [3.8, 4) is 5.75 Å². The summed E-state index contributed by atoms with van der Waals surface area (Å²) in [6.07, 6.45) is 1.16. The summed E-state index contributed by atoms with van der Waals surface area (Å²) in [5, 5.41) is 32.2. The third kappa shape index (κ3) is 6.78. The number of carbonyl (C=O) groups excluding carboxylic acids is 1. The molecule has 1 fully saturated rings. The van der Waals surface area contributed by atoms with Gasteiger partial charge in [0.1, 0.15) is 10.8 Å². The molecule has 1 heterocycles. The van der Waals surface area contributed by atoms with Gasteiger partial charge in [0, 0.05) is 38.3 Å². The number of hydrogen-bond acceptors (Lipinski definition) is 7. The van der Waals surface area contributed by atoms with E-state index >= 15 is 0 Å². The van der Waals surface area contributed by atoms with Gasteiger partial charge in [0.05, 0.1) is 29.3 Å². The Hall–Kier alpha value is -2.43. The Kier molecular flexibility index (Phi) is 9.87. The maximum Gasteiger partial charge on any atom is 0.291 e. The number of halogens is 2. The first-order valence-corrected chi connectivity index (χ1v) is 10.9. The van der Waals surface area contributed by atoms with E-state index in [-0.39, 0.29) is 22.0 Å². The summed E-state index contributed by atoms with van der Waals surface area (Å²) < 4.78 is 5.11. The van der Waals surface area contributed by atoms with Gasteiger partial charge in [-0.15, -0.1) is 0 Å². The monoisotopic (exact) mass is 499 g/mol. The third-order valence-corrected chi connectivity index (χ3v) is 6.04. The van der Waals surface area contributed by atoms with Gasteiger partial charge >= 0.3 is 0 Å². The highest BCUT2D eigenvalue weighted by Crippen LogP contribution is 2.34. The van der Waals surface area contributed by atoms with Crippen LogP contribution in [0.2, 0.25) is 10.0 Å². The predicted molar refractivity (Wildman–Crippen MR) is 126 cm³/mol. The number of likely N-dealkylation sites (tertiary alicyclic amines) is 1. The van der Waals surface area contributed by atoms with E-state index in [4.69, 9.17) is 33.0 Å². The summed E-state index contributed by atoms with van der Waals surface area (Å²) in [7, 11) is 2.33. The predicted octanol–water partition coefficient (Wildman–Crippen LogP) is 3.23. The SMILES string of the molecule is CO.COc1cc([N+](=O)[O-])c(Cl)cc1C(=O)NCCN1CCC(O)(c2ccc(Cl)cc2)CC1. The van der Waals surface area contributed by atoms with Gasteiger partial charge in [0.25, 0.3) is 11.6 Å². The molecule has 1 aliphatic heterocycles. The topological polar surface area (TPSA) is 125 Å². The second-order valence-corrected chi connectivity index (χ2v) is 8.24. The van der Waals surface area contributed by atoms with Gasteiger partial charge in [0.15, 0.2) is 0 Å². The lowest BCUT2D eigenvalue weighted by atomic mass is 9.84. The van der Waals surface area contributed by atoms with Crippen LogP contribution in [0.1, 0.15) is 28.8 Å². The van der Waals surface area contributed by atoms with E-state index < -0.39 is 16.4 Å². The Morgan fingerprint density at radius 2 is 1.82 bits per heavy atom. The smallest absolute Gasteiger partial charge is 0.291 e. The van der Waals surface area contributed by atoms with Crippen LogP contribution in [0.25, 0.3) is 0 Å². The number of nitrogens with zero attached hydrogens (tertiary/aromatic N) is 2. The number of methoxy groups -OCH3 is 1. The molecule has 2 aromatic carbocycles. The van der Waals surface area contributed by atoms with Crippen molar-refractivity contribution in [1.82, 2.24) is 10.2 Å². The summed E-state index contributed by atoms with van der Waals surface area (Å²) in [5.41, 5.74) is -0.217. The molecule has 0 aromatic heterocycles. The summed E-state index contributed by atoms with van der Waals surface area (Å²) >= 11 is 11.8. The molecule has 180 valence electrons. The largest absolute Gasteiger partial charge is 0.496 e. The van der Waals surface area contributed by atoms with Crippen LogP contribution in [0, 0.1) is 10.1 Å². The van der Waals surface area contributed by atoms with Gasteiger partial charge in [-0.3, -0.25) is 14.9 Å². The number of aliphatic hydroxyl groups is 2. The average molecular weight is 500 g/mol. The van der Waals surface area contributed by atoms with E-state index in [9.17, 15) is 20.0 Å². The van der Waals surface area contributed by atoms with E-state index in [1.165, 1.54) is 13.2 Å². The molecule has 11 heteroatoms. The van der Waals surface area contributed by atoms with Crippen LogP contribution >= 0.6 is 23.2 Å². The highest BCUT2D eigenvalue weighted by molar-refractivity contribution is 6.33. The van der Waals surface area contributed by atoms with E-state index in [1.54, 1.807) is 12.1 Å². The molecular weight excluding hydrogens is 473 g/mol. The highest BCUT2D eigenvalue weighted by atomic mass is 35.5. The Balaban J connectivity index is 0.00000187. The molecular formula is C22H27Cl2N3O6. The lowest BCUT2D eigenvalue weighted by Crippen LogP contribution is -2.45. The van der Waals surface area contributed by atoms with Gasteiger partial charge in [-0.1, -0.05) is 35.3 Å². The summed E-state index contributed by atoms with van der Waals surface area (Å²) in [5.74, 6) is -0.345. The van der Waals surface area contributed by atoms with Crippen molar-refractivity contribution in [3.63, 3.8) is 0 Å². The molecule has 33 heavy (non-hydrogen) atoms. The molecule has 0 radical (unpaired) electrons. The number of nitro groups is 1. The number of benzene rings is 2. The molecule has 0 aliphatic carbocycles. The van der Waals surface area contributed by atoms with E-state index in [1.807, 2.05) is 12.1 Å². The van der Waals surface area contributed by atoms with Crippen LogP contribution in [-0.4, -0.2) is 66.3 Å². The van der Waals surface area contributed by atoms with Crippen LogP contribution in [0.5, 0.6) is 5.75 Å². The summed E-state index contributed by atoms with van der Waals surface area (Å²) in [4.78, 5) is 25.1. The van der Waals surface area contributed by atoms with Crippen LogP contribution in [0.15, 0.2) is 36.4 Å². The van der Waals surface area contributed by atoms with E-state index in [2.05, 4.69) is 10.2 Å². The number of nitro benzene ring substituents is 1. The van der Waals surface area contributed by atoms with E-state index in [0.29, 0.717) is 44.0 Å². The number of piperidine rings is 1. The van der Waals surface area contributed by atoms with Crippen molar-refractivity contribution in [2.24, 2.45) is 0 Å². The molecule has 1 saturated heterocycles. The van der Waals surface area contributed by atoms with Crippen LogP contribution in [0.3, 0.4) is 0 Å². The maximum atomic E-state index is 12.5. The van der Waals surface area contributed by atoms with Crippen LogP contribution in [-0.2, 0) is 5.60 Å². The molecule has 0 spiro atoms. The lowest BCUT2D eigenvalue weighted by molar-refractivity contribution is -0.384. The minimum atomic E-state index is -0.882. The molecule has 2 aromatic rings. The fraction of sp³-hybridized carbons (Fsp3) is 0.409. The van der Waals surface area contributed by atoms with Gasteiger partial charge < -0.3 is 25.2 Å². The summed E-state index contributed by atoms with van der Waals surface area (Å²) in [6.45, 7) is 2.34. The van der Waals surface area contributed by atoms with E-state index in [0.717, 1.165) is 18.7 Å². The van der Waals surface area contributed by atoms with Gasteiger partial charge in [-0.25, -0.2) is 0 Å². The average Bonchev–Trinajstić information content (AvgIpc) is 2.81. The van der Waals surface area contributed by atoms with Crippen molar-refractivity contribution in [1.29, 1.82) is 0 Å². The molecule has 0 saturated carbocycles. The molecule has 3 N–H and O–H groups in total. The molecule has 0 unspecified atom stereocenters. The van der Waals surface area contributed by atoms with Crippen molar-refractivity contribution in [3.05, 3.63) is 67.7 Å². The molecule has 3 rings (SSSR count). The molecule has 9 nitrogen and oxygen atoms in total. The number of aliphatic hydroxyl groups excluding tert-OH is 1. The minimum Gasteiger partial charge on any atom is -0.496 e. The van der Waals surface area contributed by atoms with Gasteiger partial charge in [-0.2, -0.15) is 0 Å². The number of amides is 1. The first kappa shape index (κ1) is 26.8. The minimum absolute atomic E-state index is 0.0830. The quantitative estimate of drug-likeness (QED) is 0.394. The second-order valence-electron chi connectivity index (χ2n) is 7.40. The number of hydrogen-bond donors (Lipinski definition) is 3. The molecule has 1 amide bonds. The number of rotatable bonds is 7. The zero-order valence-electron chi connectivity index (χ0n) is 18.4. The molecule has 0 bridgehead atoms. The Labute approximate surface area is 202 Å². The number of ether oxygens (including phenoxy) is 1. The third-order valence-electron chi connectivity index (χ3n) is 5.49. The molecule has 0 atom stereocenters. The summed E-state index contributed by atoms with van der Waals surface area (Å²) in [6, 6.07) is 9.62.